The Kier molecular flexibility index (Phi) is 1.56. The van der Waals surface area contributed by atoms with Gasteiger partial charge in [0.25, 0.3) is 0 Å². The van der Waals surface area contributed by atoms with E-state index < -0.39 is 0 Å². The quantitative estimate of drug-likeness (QED) is 0.582. The van der Waals surface area contributed by atoms with Crippen molar-refractivity contribution in [1.82, 2.24) is 5.32 Å². The van der Waals surface area contributed by atoms with Crippen LogP contribution in [0.3, 0.4) is 0 Å². The molecule has 0 bridgehead atoms. The van der Waals surface area contributed by atoms with Gasteiger partial charge >= 0.3 is 0 Å². The Morgan fingerprint density at radius 2 is 2.38 bits per heavy atom. The minimum Gasteiger partial charge on any atom is -0.389 e. The van der Waals surface area contributed by atoms with Gasteiger partial charge in [-0.2, -0.15) is 0 Å². The number of hydrogen-bond donors (Lipinski definition) is 1. The maximum absolute atomic E-state index is 3.74. The molecule has 46 valence electrons. The summed E-state index contributed by atoms with van der Waals surface area (Å²) in [5, 5.41) is 3.21. The summed E-state index contributed by atoms with van der Waals surface area (Å²) in [4.78, 5) is 0. The molecule has 0 aromatic rings. The second-order valence-corrected chi connectivity index (χ2v) is 2.60. The zero-order chi connectivity index (χ0) is 5.98. The van der Waals surface area contributed by atoms with E-state index in [1.54, 1.807) is 0 Å². The van der Waals surface area contributed by atoms with Crippen LogP contribution >= 0.6 is 0 Å². The standard InChI is InChI=1S/C7H13N/c1-6(2)8-5-7-3-4-7/h7-8H,1,3-5H2,2H3. The molecule has 1 heteroatoms. The smallest absolute Gasteiger partial charge is 0.0172 e. The first kappa shape index (κ1) is 5.67. The van der Waals surface area contributed by atoms with E-state index in [0.29, 0.717) is 0 Å². The number of nitrogens with one attached hydrogen (secondary N) is 1. The van der Waals surface area contributed by atoms with Gasteiger partial charge in [-0.25, -0.2) is 0 Å². The highest BCUT2D eigenvalue weighted by Gasteiger charge is 2.19. The Labute approximate surface area is 50.8 Å². The van der Waals surface area contributed by atoms with Crippen LogP contribution in [0.15, 0.2) is 12.3 Å². The highest BCUT2D eigenvalue weighted by atomic mass is 14.9. The first-order valence-corrected chi connectivity index (χ1v) is 3.18. The lowest BCUT2D eigenvalue weighted by Crippen LogP contribution is -2.12. The zero-order valence-corrected chi connectivity index (χ0v) is 5.41. The molecule has 0 aromatic carbocycles. The summed E-state index contributed by atoms with van der Waals surface area (Å²) in [6, 6.07) is 0. The van der Waals surface area contributed by atoms with Crippen LogP contribution in [-0.2, 0) is 0 Å². The van der Waals surface area contributed by atoms with E-state index in [4.69, 9.17) is 0 Å². The van der Waals surface area contributed by atoms with Crippen molar-refractivity contribution in [1.29, 1.82) is 0 Å². The first-order valence-electron chi connectivity index (χ1n) is 3.18. The summed E-state index contributed by atoms with van der Waals surface area (Å²) in [7, 11) is 0. The van der Waals surface area contributed by atoms with Crippen LogP contribution in [-0.4, -0.2) is 6.54 Å². The average molecular weight is 111 g/mol. The van der Waals surface area contributed by atoms with Gasteiger partial charge in [-0.3, -0.25) is 0 Å². The topological polar surface area (TPSA) is 12.0 Å². The van der Waals surface area contributed by atoms with Crippen molar-refractivity contribution >= 4 is 0 Å². The predicted octanol–water partition coefficient (Wildman–Crippen LogP) is 1.52. The van der Waals surface area contributed by atoms with Gasteiger partial charge in [-0.15, -0.1) is 0 Å². The number of rotatable bonds is 3. The van der Waals surface area contributed by atoms with Gasteiger partial charge in [0.05, 0.1) is 0 Å². The van der Waals surface area contributed by atoms with Crippen molar-refractivity contribution in [2.75, 3.05) is 6.54 Å². The SMILES string of the molecule is C=C(C)NCC1CC1. The molecule has 0 aliphatic heterocycles. The summed E-state index contributed by atoms with van der Waals surface area (Å²) in [6.07, 6.45) is 2.83. The molecule has 0 atom stereocenters. The number of allylic oxidation sites excluding steroid dienone is 1. The van der Waals surface area contributed by atoms with Crippen molar-refractivity contribution < 1.29 is 0 Å². The summed E-state index contributed by atoms with van der Waals surface area (Å²) in [6.45, 7) is 6.89. The molecule has 0 unspecified atom stereocenters. The highest BCUT2D eigenvalue weighted by molar-refractivity contribution is 4.87. The molecular weight excluding hydrogens is 98.1 g/mol. The van der Waals surface area contributed by atoms with Gasteiger partial charge in [-0.05, 0) is 25.7 Å². The van der Waals surface area contributed by atoms with Crippen molar-refractivity contribution in [3.63, 3.8) is 0 Å². The maximum Gasteiger partial charge on any atom is 0.0172 e. The Balaban J connectivity index is 1.95. The lowest BCUT2D eigenvalue weighted by atomic mass is 10.4. The number of hydrogen-bond acceptors (Lipinski definition) is 1. The molecular formula is C7H13N. The third-order valence-corrected chi connectivity index (χ3v) is 1.39. The predicted molar refractivity (Wildman–Crippen MR) is 35.5 cm³/mol. The van der Waals surface area contributed by atoms with E-state index in [-0.39, 0.29) is 0 Å². The van der Waals surface area contributed by atoms with Crippen LogP contribution < -0.4 is 5.32 Å². The molecule has 1 aliphatic carbocycles. The van der Waals surface area contributed by atoms with Crippen molar-refractivity contribution in [2.45, 2.75) is 19.8 Å². The second-order valence-electron chi connectivity index (χ2n) is 2.60. The van der Waals surface area contributed by atoms with Crippen molar-refractivity contribution in [3.8, 4) is 0 Å². The molecule has 0 saturated heterocycles. The van der Waals surface area contributed by atoms with Crippen molar-refractivity contribution in [2.24, 2.45) is 5.92 Å². The van der Waals surface area contributed by atoms with Crippen LogP contribution in [0.25, 0.3) is 0 Å². The van der Waals surface area contributed by atoms with E-state index in [9.17, 15) is 0 Å². The Morgan fingerprint density at radius 3 is 2.75 bits per heavy atom. The van der Waals surface area contributed by atoms with Crippen LogP contribution in [0.4, 0.5) is 0 Å². The van der Waals surface area contributed by atoms with E-state index in [2.05, 4.69) is 11.9 Å². The van der Waals surface area contributed by atoms with Crippen molar-refractivity contribution in [3.05, 3.63) is 12.3 Å². The maximum atomic E-state index is 3.74. The van der Waals surface area contributed by atoms with Gasteiger partial charge < -0.3 is 5.32 Å². The summed E-state index contributed by atoms with van der Waals surface area (Å²) >= 11 is 0. The molecule has 1 aliphatic rings. The van der Waals surface area contributed by atoms with Crippen LogP contribution in [0.5, 0.6) is 0 Å². The fourth-order valence-electron chi connectivity index (χ4n) is 0.641. The average Bonchev–Trinajstić information content (AvgIpc) is 2.41. The van der Waals surface area contributed by atoms with Gasteiger partial charge in [0, 0.05) is 12.2 Å². The molecule has 8 heavy (non-hydrogen) atoms. The zero-order valence-electron chi connectivity index (χ0n) is 5.41. The molecule has 0 radical (unpaired) electrons. The molecule has 0 spiro atoms. The minimum absolute atomic E-state index is 0.965. The van der Waals surface area contributed by atoms with Crippen LogP contribution in [0.2, 0.25) is 0 Å². The van der Waals surface area contributed by atoms with Crippen LogP contribution in [0.1, 0.15) is 19.8 Å². The van der Waals surface area contributed by atoms with Gasteiger partial charge in [0.2, 0.25) is 0 Å². The molecule has 0 aromatic heterocycles. The monoisotopic (exact) mass is 111 g/mol. The normalized spacial score (nSPS) is 18.1. The molecule has 1 rings (SSSR count). The first-order chi connectivity index (χ1) is 3.79. The Morgan fingerprint density at radius 1 is 1.75 bits per heavy atom. The Hall–Kier alpha value is -0.460. The molecule has 1 saturated carbocycles. The van der Waals surface area contributed by atoms with E-state index in [1.807, 2.05) is 6.92 Å². The summed E-state index contributed by atoms with van der Waals surface area (Å²) in [5.41, 5.74) is 1.09. The molecule has 0 heterocycles. The summed E-state index contributed by atoms with van der Waals surface area (Å²) in [5.74, 6) is 0.965. The fourth-order valence-corrected chi connectivity index (χ4v) is 0.641. The van der Waals surface area contributed by atoms with Gasteiger partial charge in [0.1, 0.15) is 0 Å². The van der Waals surface area contributed by atoms with Crippen LogP contribution in [0, 0.1) is 5.92 Å². The van der Waals surface area contributed by atoms with E-state index in [1.165, 1.54) is 12.8 Å². The molecule has 0 amide bonds. The van der Waals surface area contributed by atoms with Gasteiger partial charge in [0.15, 0.2) is 0 Å². The fraction of sp³-hybridized carbons (Fsp3) is 0.714. The lowest BCUT2D eigenvalue weighted by Gasteiger charge is -2.00. The minimum atomic E-state index is 0.965. The second kappa shape index (κ2) is 2.21. The molecule has 1 N–H and O–H groups in total. The molecule has 1 nitrogen and oxygen atoms in total. The van der Waals surface area contributed by atoms with E-state index >= 15 is 0 Å². The largest absolute Gasteiger partial charge is 0.389 e. The third-order valence-electron chi connectivity index (χ3n) is 1.39. The summed E-state index contributed by atoms with van der Waals surface area (Å²) < 4.78 is 0. The molecule has 1 fully saturated rings. The Bertz CT molecular complexity index is 92.6. The lowest BCUT2D eigenvalue weighted by molar-refractivity contribution is 0.719. The van der Waals surface area contributed by atoms with E-state index in [0.717, 1.165) is 18.2 Å². The van der Waals surface area contributed by atoms with Gasteiger partial charge in [-0.1, -0.05) is 6.58 Å². The highest BCUT2D eigenvalue weighted by Crippen LogP contribution is 2.27. The third kappa shape index (κ3) is 2.01.